The van der Waals surface area contributed by atoms with E-state index in [4.69, 9.17) is 4.74 Å². The van der Waals surface area contributed by atoms with Crippen LogP contribution in [0.1, 0.15) is 32.6 Å². The molecule has 3 rings (SSSR count). The van der Waals surface area contributed by atoms with E-state index in [0.29, 0.717) is 11.8 Å². The van der Waals surface area contributed by atoms with E-state index in [0.717, 1.165) is 18.8 Å². The number of piperazine rings is 1. The molecule has 1 saturated heterocycles. The second-order valence-electron chi connectivity index (χ2n) is 6.16. The molecule has 110 valence electrons. The Labute approximate surface area is 120 Å². The topological polar surface area (TPSA) is 24.5 Å². The van der Waals surface area contributed by atoms with Crippen molar-refractivity contribution in [3.63, 3.8) is 0 Å². The van der Waals surface area contributed by atoms with Crippen LogP contribution in [0.3, 0.4) is 0 Å². The summed E-state index contributed by atoms with van der Waals surface area (Å²) in [6, 6.07) is 5.67. The second kappa shape index (κ2) is 5.24. The minimum Gasteiger partial charge on any atom is -0.494 e. The number of ether oxygens (including phenoxy) is 1. The first kappa shape index (κ1) is 13.7. The molecule has 3 nitrogen and oxygen atoms in total. The van der Waals surface area contributed by atoms with Crippen LogP contribution < -0.4 is 15.0 Å². The summed E-state index contributed by atoms with van der Waals surface area (Å²) in [5, 5.41) is 3.72. The lowest BCUT2D eigenvalue weighted by molar-refractivity contribution is 0.276. The highest BCUT2D eigenvalue weighted by atomic mass is 19.1. The van der Waals surface area contributed by atoms with Crippen molar-refractivity contribution in [3.05, 3.63) is 24.0 Å². The fourth-order valence-electron chi connectivity index (χ4n) is 3.58. The normalized spacial score (nSPS) is 25.1. The molecular formula is C16H23FN2O. The summed E-state index contributed by atoms with van der Waals surface area (Å²) in [7, 11) is 1.50. The average Bonchev–Trinajstić information content (AvgIpc) is 2.90. The highest BCUT2D eigenvalue weighted by molar-refractivity contribution is 5.51. The van der Waals surface area contributed by atoms with Gasteiger partial charge in [-0.15, -0.1) is 0 Å². The molecule has 1 saturated carbocycles. The number of anilines is 1. The summed E-state index contributed by atoms with van der Waals surface area (Å²) in [5.74, 6) is 0.0309. The molecule has 2 fully saturated rings. The smallest absolute Gasteiger partial charge is 0.167 e. The summed E-state index contributed by atoms with van der Waals surface area (Å²) in [4.78, 5) is 2.34. The Morgan fingerprint density at radius 1 is 1.35 bits per heavy atom. The zero-order valence-corrected chi connectivity index (χ0v) is 12.3. The van der Waals surface area contributed by atoms with Crippen LogP contribution in [0.5, 0.6) is 5.75 Å². The summed E-state index contributed by atoms with van der Waals surface area (Å²) in [5.41, 5.74) is 1.20. The zero-order chi connectivity index (χ0) is 14.2. The number of hydrogen-bond acceptors (Lipinski definition) is 3. The van der Waals surface area contributed by atoms with Crippen LogP contribution in [0.4, 0.5) is 10.1 Å². The molecule has 4 heteroatoms. The predicted octanol–water partition coefficient (Wildman–Crippen LogP) is 2.95. The first-order chi connectivity index (χ1) is 9.63. The van der Waals surface area contributed by atoms with Gasteiger partial charge in [0.05, 0.1) is 7.11 Å². The summed E-state index contributed by atoms with van der Waals surface area (Å²) >= 11 is 0. The van der Waals surface area contributed by atoms with E-state index in [2.05, 4.69) is 17.1 Å². The molecule has 2 aliphatic rings. The Balaban J connectivity index is 1.85. The monoisotopic (exact) mass is 278 g/mol. The summed E-state index contributed by atoms with van der Waals surface area (Å²) in [6.07, 6.45) is 5.06. The quantitative estimate of drug-likeness (QED) is 0.900. The van der Waals surface area contributed by atoms with Gasteiger partial charge in [0, 0.05) is 36.4 Å². The second-order valence-corrected chi connectivity index (χ2v) is 6.16. The SMILES string of the molecule is COc1ccc(N2CC3(CCCC3)NCC2C)cc1F. The van der Waals surface area contributed by atoms with Crippen LogP contribution in [0.15, 0.2) is 18.2 Å². The van der Waals surface area contributed by atoms with E-state index in [1.54, 1.807) is 12.1 Å². The third-order valence-corrected chi connectivity index (χ3v) is 4.81. The van der Waals surface area contributed by atoms with Crippen molar-refractivity contribution < 1.29 is 9.13 Å². The number of hydrogen-bond donors (Lipinski definition) is 1. The van der Waals surface area contributed by atoms with Crippen LogP contribution in [0.2, 0.25) is 0 Å². The van der Waals surface area contributed by atoms with Crippen molar-refractivity contribution >= 4 is 5.69 Å². The standard InChI is InChI=1S/C16H23FN2O/c1-12-10-18-16(7-3-4-8-16)11-19(12)13-5-6-15(20-2)14(17)9-13/h5-6,9,12,18H,3-4,7-8,10-11H2,1-2H3. The van der Waals surface area contributed by atoms with Gasteiger partial charge < -0.3 is 15.0 Å². The minimum atomic E-state index is -0.281. The molecule has 1 heterocycles. The van der Waals surface area contributed by atoms with Crippen LogP contribution in [-0.4, -0.2) is 31.8 Å². The molecule has 1 atom stereocenters. The molecule has 0 aromatic heterocycles. The predicted molar refractivity (Wildman–Crippen MR) is 79.0 cm³/mol. The Hall–Kier alpha value is -1.29. The molecular weight excluding hydrogens is 255 g/mol. The van der Waals surface area contributed by atoms with Crippen LogP contribution in [0.25, 0.3) is 0 Å². The molecule has 0 radical (unpaired) electrons. The van der Waals surface area contributed by atoms with Gasteiger partial charge in [0.25, 0.3) is 0 Å². The molecule has 1 unspecified atom stereocenters. The van der Waals surface area contributed by atoms with Gasteiger partial charge in [0.15, 0.2) is 11.6 Å². The highest BCUT2D eigenvalue weighted by Crippen LogP contribution is 2.35. The van der Waals surface area contributed by atoms with Crippen molar-refractivity contribution in [2.45, 2.75) is 44.2 Å². The van der Waals surface area contributed by atoms with E-state index < -0.39 is 0 Å². The van der Waals surface area contributed by atoms with Gasteiger partial charge in [-0.3, -0.25) is 0 Å². The molecule has 1 aliphatic carbocycles. The first-order valence-corrected chi connectivity index (χ1v) is 7.49. The maximum absolute atomic E-state index is 13.9. The average molecular weight is 278 g/mol. The van der Waals surface area contributed by atoms with Crippen LogP contribution >= 0.6 is 0 Å². The van der Waals surface area contributed by atoms with Crippen LogP contribution in [-0.2, 0) is 0 Å². The van der Waals surface area contributed by atoms with Crippen molar-refractivity contribution in [2.75, 3.05) is 25.1 Å². The van der Waals surface area contributed by atoms with Gasteiger partial charge in [0.1, 0.15) is 0 Å². The number of methoxy groups -OCH3 is 1. The van der Waals surface area contributed by atoms with Gasteiger partial charge in [0.2, 0.25) is 0 Å². The van der Waals surface area contributed by atoms with Crippen molar-refractivity contribution in [1.29, 1.82) is 0 Å². The molecule has 1 aliphatic heterocycles. The number of nitrogens with zero attached hydrogens (tertiary/aromatic N) is 1. The highest BCUT2D eigenvalue weighted by Gasteiger charge is 2.40. The maximum Gasteiger partial charge on any atom is 0.167 e. The third-order valence-electron chi connectivity index (χ3n) is 4.81. The number of nitrogens with one attached hydrogen (secondary N) is 1. The third kappa shape index (κ3) is 2.37. The molecule has 1 aromatic carbocycles. The first-order valence-electron chi connectivity index (χ1n) is 7.49. The Kier molecular flexibility index (Phi) is 3.59. The van der Waals surface area contributed by atoms with E-state index in [1.807, 2.05) is 6.07 Å². The zero-order valence-electron chi connectivity index (χ0n) is 12.3. The maximum atomic E-state index is 13.9. The molecule has 1 spiro atoms. The van der Waals surface area contributed by atoms with Crippen LogP contribution in [0, 0.1) is 5.82 Å². The summed E-state index contributed by atoms with van der Waals surface area (Å²) in [6.45, 7) is 4.13. The molecule has 1 N–H and O–H groups in total. The van der Waals surface area contributed by atoms with Gasteiger partial charge in [-0.05, 0) is 31.9 Å². The Morgan fingerprint density at radius 2 is 2.10 bits per heavy atom. The van der Waals surface area contributed by atoms with Crippen molar-refractivity contribution in [1.82, 2.24) is 5.32 Å². The van der Waals surface area contributed by atoms with E-state index in [9.17, 15) is 4.39 Å². The van der Waals surface area contributed by atoms with Gasteiger partial charge in [-0.1, -0.05) is 12.8 Å². The lowest BCUT2D eigenvalue weighted by Crippen LogP contribution is -2.62. The van der Waals surface area contributed by atoms with Gasteiger partial charge in [-0.2, -0.15) is 0 Å². The minimum absolute atomic E-state index is 0.239. The largest absolute Gasteiger partial charge is 0.494 e. The van der Waals surface area contributed by atoms with Crippen molar-refractivity contribution in [2.24, 2.45) is 0 Å². The van der Waals surface area contributed by atoms with Gasteiger partial charge in [-0.25, -0.2) is 4.39 Å². The van der Waals surface area contributed by atoms with E-state index in [-0.39, 0.29) is 11.4 Å². The number of halogens is 1. The number of benzene rings is 1. The Bertz CT molecular complexity index is 485. The lowest BCUT2D eigenvalue weighted by atomic mass is 9.92. The summed E-state index contributed by atoms with van der Waals surface area (Å²) < 4.78 is 18.9. The molecule has 0 amide bonds. The van der Waals surface area contributed by atoms with Crippen molar-refractivity contribution in [3.8, 4) is 5.75 Å². The van der Waals surface area contributed by atoms with E-state index in [1.165, 1.54) is 32.8 Å². The molecule has 20 heavy (non-hydrogen) atoms. The fourth-order valence-corrected chi connectivity index (χ4v) is 3.58. The van der Waals surface area contributed by atoms with E-state index >= 15 is 0 Å². The van der Waals surface area contributed by atoms with Gasteiger partial charge >= 0.3 is 0 Å². The Morgan fingerprint density at radius 3 is 2.75 bits per heavy atom. The molecule has 0 bridgehead atoms. The number of rotatable bonds is 2. The lowest BCUT2D eigenvalue weighted by Gasteiger charge is -2.46. The molecule has 1 aromatic rings. The fraction of sp³-hybridized carbons (Fsp3) is 0.625.